The summed E-state index contributed by atoms with van der Waals surface area (Å²) in [6.07, 6.45) is 0. The average molecular weight is 484 g/mol. The highest BCUT2D eigenvalue weighted by atomic mass is 35.5. The zero-order valence-corrected chi connectivity index (χ0v) is 18.8. The third-order valence-corrected chi connectivity index (χ3v) is 6.73. The Bertz CT molecular complexity index is 1290. The number of hydrogen-bond acceptors (Lipinski definition) is 7. The van der Waals surface area contributed by atoms with Crippen LogP contribution in [0.15, 0.2) is 46.5 Å². The molecule has 0 aliphatic heterocycles. The Labute approximate surface area is 187 Å². The topological polar surface area (TPSA) is 150 Å². The monoisotopic (exact) mass is 483 g/mol. The molecular weight excluding hydrogens is 466 g/mol. The van der Waals surface area contributed by atoms with E-state index in [0.29, 0.717) is 22.7 Å². The van der Waals surface area contributed by atoms with Gasteiger partial charge in [-0.25, -0.2) is 18.5 Å². The molecule has 0 fully saturated rings. The second-order valence-electron chi connectivity index (χ2n) is 6.50. The van der Waals surface area contributed by atoms with Crippen molar-refractivity contribution in [2.75, 3.05) is 5.32 Å². The van der Waals surface area contributed by atoms with E-state index in [1.54, 1.807) is 13.0 Å². The van der Waals surface area contributed by atoms with Gasteiger partial charge < -0.3 is 9.88 Å². The summed E-state index contributed by atoms with van der Waals surface area (Å²) in [5.74, 6) is -0.424. The van der Waals surface area contributed by atoms with Crippen molar-refractivity contribution in [2.24, 2.45) is 5.14 Å². The number of carbonyl (C=O) groups excluding carboxylic acids is 1. The van der Waals surface area contributed by atoms with E-state index in [0.717, 1.165) is 11.8 Å². The normalized spacial score (nSPS) is 12.6. The number of rotatable bonds is 7. The van der Waals surface area contributed by atoms with Crippen LogP contribution in [-0.2, 0) is 21.4 Å². The van der Waals surface area contributed by atoms with Crippen molar-refractivity contribution in [2.45, 2.75) is 35.7 Å². The van der Waals surface area contributed by atoms with Gasteiger partial charge in [0.25, 0.3) is 5.69 Å². The standard InChI is InChI=1S/C18H18ClN5O5S2/c1-3-23-16-7-5-12(31(20,28)29)9-15(16)22-18(23)30-10(2)17(25)21-14-8-11(24(26)27)4-6-13(14)19/h4-10H,3H2,1-2H3,(H,21,25)(H2,20,28,29). The summed E-state index contributed by atoms with van der Waals surface area (Å²) < 4.78 is 25.1. The van der Waals surface area contributed by atoms with Gasteiger partial charge in [-0.2, -0.15) is 0 Å². The molecule has 0 spiro atoms. The molecule has 13 heteroatoms. The lowest BCUT2D eigenvalue weighted by Gasteiger charge is -2.13. The zero-order chi connectivity index (χ0) is 22.9. The van der Waals surface area contributed by atoms with Gasteiger partial charge in [-0.05, 0) is 38.1 Å². The van der Waals surface area contributed by atoms with Gasteiger partial charge in [-0.3, -0.25) is 14.9 Å². The third-order valence-electron chi connectivity index (χ3n) is 4.40. The Balaban J connectivity index is 1.85. The molecule has 0 aliphatic carbocycles. The molecule has 1 atom stereocenters. The van der Waals surface area contributed by atoms with E-state index in [1.165, 1.54) is 30.3 Å². The van der Waals surface area contributed by atoms with Crippen LogP contribution in [0.5, 0.6) is 0 Å². The summed E-state index contributed by atoms with van der Waals surface area (Å²) in [6, 6.07) is 8.17. The number of hydrogen-bond donors (Lipinski definition) is 2. The van der Waals surface area contributed by atoms with Gasteiger partial charge in [0.05, 0.1) is 36.8 Å². The molecule has 31 heavy (non-hydrogen) atoms. The second kappa shape index (κ2) is 8.83. The molecule has 3 N–H and O–H groups in total. The Morgan fingerprint density at radius 3 is 2.68 bits per heavy atom. The molecule has 0 saturated carbocycles. The van der Waals surface area contributed by atoms with Gasteiger partial charge in [0.1, 0.15) is 0 Å². The molecule has 1 heterocycles. The summed E-state index contributed by atoms with van der Waals surface area (Å²) in [4.78, 5) is 27.4. The summed E-state index contributed by atoms with van der Waals surface area (Å²) >= 11 is 7.20. The molecule has 1 aromatic heterocycles. The molecule has 3 rings (SSSR count). The number of halogens is 1. The first-order valence-corrected chi connectivity index (χ1v) is 11.8. The average Bonchev–Trinajstić information content (AvgIpc) is 3.04. The Morgan fingerprint density at radius 2 is 2.06 bits per heavy atom. The van der Waals surface area contributed by atoms with Gasteiger partial charge in [0.2, 0.25) is 15.9 Å². The second-order valence-corrected chi connectivity index (χ2v) is 9.78. The van der Waals surface area contributed by atoms with Gasteiger partial charge in [0.15, 0.2) is 5.16 Å². The van der Waals surface area contributed by atoms with Gasteiger partial charge in [-0.15, -0.1) is 0 Å². The van der Waals surface area contributed by atoms with Crippen LogP contribution >= 0.6 is 23.4 Å². The first-order valence-electron chi connectivity index (χ1n) is 8.95. The van der Waals surface area contributed by atoms with Crippen LogP contribution in [0.1, 0.15) is 13.8 Å². The van der Waals surface area contributed by atoms with Gasteiger partial charge in [-0.1, -0.05) is 23.4 Å². The highest BCUT2D eigenvalue weighted by molar-refractivity contribution is 8.00. The molecule has 0 radical (unpaired) electrons. The molecule has 164 valence electrons. The van der Waals surface area contributed by atoms with Crippen molar-refractivity contribution in [1.29, 1.82) is 0 Å². The van der Waals surface area contributed by atoms with Crippen molar-refractivity contribution in [3.63, 3.8) is 0 Å². The van der Waals surface area contributed by atoms with Crippen LogP contribution in [0.4, 0.5) is 11.4 Å². The number of nitro benzene ring substituents is 1. The Kier molecular flexibility index (Phi) is 6.55. The fourth-order valence-electron chi connectivity index (χ4n) is 2.83. The predicted molar refractivity (Wildman–Crippen MR) is 119 cm³/mol. The maximum Gasteiger partial charge on any atom is 0.271 e. The van der Waals surface area contributed by atoms with Crippen LogP contribution in [0.3, 0.4) is 0 Å². The Morgan fingerprint density at radius 1 is 1.35 bits per heavy atom. The number of thioether (sulfide) groups is 1. The molecule has 1 amide bonds. The minimum absolute atomic E-state index is 0.0524. The maximum atomic E-state index is 12.7. The molecular formula is C18H18ClN5O5S2. The number of aromatic nitrogens is 2. The molecule has 3 aromatic rings. The highest BCUT2D eigenvalue weighted by Gasteiger charge is 2.21. The maximum absolute atomic E-state index is 12.7. The van der Waals surface area contributed by atoms with E-state index >= 15 is 0 Å². The number of nitro groups is 1. The molecule has 1 unspecified atom stereocenters. The number of carbonyl (C=O) groups is 1. The van der Waals surface area contributed by atoms with E-state index in [-0.39, 0.29) is 21.3 Å². The number of primary sulfonamides is 1. The summed E-state index contributed by atoms with van der Waals surface area (Å²) in [5.41, 5.74) is 1.07. The van der Waals surface area contributed by atoms with Crippen LogP contribution < -0.4 is 10.5 Å². The number of anilines is 1. The number of benzene rings is 2. The van der Waals surface area contributed by atoms with Gasteiger partial charge in [0, 0.05) is 18.7 Å². The largest absolute Gasteiger partial charge is 0.324 e. The first-order chi connectivity index (χ1) is 14.5. The molecule has 10 nitrogen and oxygen atoms in total. The minimum atomic E-state index is -3.87. The van der Waals surface area contributed by atoms with E-state index in [4.69, 9.17) is 16.7 Å². The summed E-state index contributed by atoms with van der Waals surface area (Å²) in [5, 5.41) is 18.8. The fraction of sp³-hybridized carbons (Fsp3) is 0.222. The quantitative estimate of drug-likeness (QED) is 0.297. The van der Waals surface area contributed by atoms with Crippen molar-refractivity contribution in [3.05, 3.63) is 51.5 Å². The number of imidazole rings is 1. The Hall–Kier alpha value is -2.67. The van der Waals surface area contributed by atoms with Crippen molar-refractivity contribution in [1.82, 2.24) is 9.55 Å². The summed E-state index contributed by atoms with van der Waals surface area (Å²) in [7, 11) is -3.87. The van der Waals surface area contributed by atoms with Gasteiger partial charge >= 0.3 is 0 Å². The molecule has 2 aromatic carbocycles. The summed E-state index contributed by atoms with van der Waals surface area (Å²) in [6.45, 7) is 4.09. The number of nitrogens with zero attached hydrogens (tertiary/aromatic N) is 3. The van der Waals surface area contributed by atoms with Crippen molar-refractivity contribution in [3.8, 4) is 0 Å². The van der Waals surface area contributed by atoms with Crippen molar-refractivity contribution < 1.29 is 18.1 Å². The fourth-order valence-corrected chi connectivity index (χ4v) is 4.51. The third kappa shape index (κ3) is 4.98. The number of aryl methyl sites for hydroxylation is 1. The van der Waals surface area contributed by atoms with E-state index in [1.807, 2.05) is 11.5 Å². The van der Waals surface area contributed by atoms with E-state index in [9.17, 15) is 23.3 Å². The van der Waals surface area contributed by atoms with Crippen LogP contribution in [0.25, 0.3) is 11.0 Å². The van der Waals surface area contributed by atoms with Crippen LogP contribution in [0.2, 0.25) is 5.02 Å². The zero-order valence-electron chi connectivity index (χ0n) is 16.4. The number of fused-ring (bicyclic) bond motifs is 1. The number of sulfonamides is 1. The SMILES string of the molecule is CCn1c(SC(C)C(=O)Nc2cc([N+](=O)[O-])ccc2Cl)nc2cc(S(N)(=O)=O)ccc21. The lowest BCUT2D eigenvalue weighted by Crippen LogP contribution is -2.23. The lowest BCUT2D eigenvalue weighted by molar-refractivity contribution is -0.384. The number of nitrogens with one attached hydrogen (secondary N) is 1. The predicted octanol–water partition coefficient (Wildman–Crippen LogP) is 3.38. The molecule has 0 aliphatic rings. The van der Waals surface area contributed by atoms with Crippen molar-refractivity contribution >= 4 is 61.7 Å². The molecule has 0 saturated heterocycles. The number of amides is 1. The van der Waals surface area contributed by atoms with E-state index < -0.39 is 26.1 Å². The first kappa shape index (κ1) is 23.0. The molecule has 0 bridgehead atoms. The smallest absolute Gasteiger partial charge is 0.271 e. The van der Waals surface area contributed by atoms with Crippen LogP contribution in [-0.4, -0.2) is 34.0 Å². The minimum Gasteiger partial charge on any atom is -0.324 e. The number of nitrogens with two attached hydrogens (primary N) is 1. The van der Waals surface area contributed by atoms with E-state index in [2.05, 4.69) is 10.3 Å². The highest BCUT2D eigenvalue weighted by Crippen LogP contribution is 2.31. The van der Waals surface area contributed by atoms with Crippen LogP contribution in [0, 0.1) is 10.1 Å². The number of non-ortho nitro benzene ring substituents is 1. The lowest BCUT2D eigenvalue weighted by atomic mass is 10.2.